The van der Waals surface area contributed by atoms with Crippen molar-refractivity contribution in [2.24, 2.45) is 5.92 Å². The molecule has 1 fully saturated rings. The summed E-state index contributed by atoms with van der Waals surface area (Å²) in [6, 6.07) is 2.93. The predicted molar refractivity (Wildman–Crippen MR) is 82.6 cm³/mol. The summed E-state index contributed by atoms with van der Waals surface area (Å²) in [5.74, 6) is -2.01. The highest BCUT2D eigenvalue weighted by Crippen LogP contribution is 2.33. The molecule has 1 amide bonds. The monoisotopic (exact) mass is 345 g/mol. The summed E-state index contributed by atoms with van der Waals surface area (Å²) in [6.45, 7) is 5.35. The fraction of sp³-hybridized carbons (Fsp3) is 0.688. The molecule has 0 spiro atoms. The summed E-state index contributed by atoms with van der Waals surface area (Å²) >= 11 is 0. The standard InChI is InChI=1S/C16H22F3N3O2/c1-15(2,3)12-6-7-13(23)22(20-12)10-14(24)21-8-4-5-11(9-21)16(17,18)19/h6-7,11H,4-5,8-10H2,1-3H3. The van der Waals surface area contributed by atoms with Gasteiger partial charge < -0.3 is 4.90 Å². The van der Waals surface area contributed by atoms with Crippen LogP contribution in [0.4, 0.5) is 13.2 Å². The van der Waals surface area contributed by atoms with Gasteiger partial charge in [0.25, 0.3) is 5.56 Å². The van der Waals surface area contributed by atoms with Gasteiger partial charge in [-0.25, -0.2) is 4.68 Å². The highest BCUT2D eigenvalue weighted by atomic mass is 19.4. The van der Waals surface area contributed by atoms with E-state index in [2.05, 4.69) is 5.10 Å². The van der Waals surface area contributed by atoms with E-state index in [1.54, 1.807) is 6.07 Å². The zero-order chi connectivity index (χ0) is 18.1. The van der Waals surface area contributed by atoms with Crippen molar-refractivity contribution in [2.45, 2.75) is 51.7 Å². The van der Waals surface area contributed by atoms with E-state index in [0.29, 0.717) is 12.1 Å². The lowest BCUT2D eigenvalue weighted by atomic mass is 9.92. The molecule has 2 heterocycles. The van der Waals surface area contributed by atoms with E-state index in [0.717, 1.165) is 4.68 Å². The maximum Gasteiger partial charge on any atom is 0.393 e. The summed E-state index contributed by atoms with van der Waals surface area (Å²) in [7, 11) is 0. The van der Waals surface area contributed by atoms with Crippen LogP contribution in [0.5, 0.6) is 0 Å². The molecule has 0 N–H and O–H groups in total. The van der Waals surface area contributed by atoms with Gasteiger partial charge in [0.2, 0.25) is 5.91 Å². The fourth-order valence-corrected chi connectivity index (χ4v) is 2.66. The van der Waals surface area contributed by atoms with Crippen molar-refractivity contribution in [3.8, 4) is 0 Å². The van der Waals surface area contributed by atoms with Crippen LogP contribution in [-0.2, 0) is 16.8 Å². The molecule has 0 saturated carbocycles. The number of rotatable bonds is 2. The van der Waals surface area contributed by atoms with Crippen molar-refractivity contribution < 1.29 is 18.0 Å². The molecule has 1 aromatic heterocycles. The summed E-state index contributed by atoms with van der Waals surface area (Å²) in [5.41, 5.74) is -0.104. The van der Waals surface area contributed by atoms with Crippen molar-refractivity contribution >= 4 is 5.91 Å². The molecule has 2 rings (SSSR count). The van der Waals surface area contributed by atoms with Crippen LogP contribution in [0.3, 0.4) is 0 Å². The number of hydrogen-bond acceptors (Lipinski definition) is 3. The summed E-state index contributed by atoms with van der Waals surface area (Å²) < 4.78 is 39.6. The molecule has 24 heavy (non-hydrogen) atoms. The number of carbonyl (C=O) groups is 1. The number of aromatic nitrogens is 2. The molecular weight excluding hydrogens is 323 g/mol. The fourth-order valence-electron chi connectivity index (χ4n) is 2.66. The van der Waals surface area contributed by atoms with Gasteiger partial charge in [-0.3, -0.25) is 9.59 Å². The van der Waals surface area contributed by atoms with E-state index in [4.69, 9.17) is 0 Å². The lowest BCUT2D eigenvalue weighted by Crippen LogP contribution is -2.46. The smallest absolute Gasteiger partial charge is 0.340 e. The maximum atomic E-state index is 12.8. The molecule has 0 radical (unpaired) electrons. The second-order valence-corrected chi connectivity index (χ2v) is 7.18. The Bertz CT molecular complexity index is 662. The summed E-state index contributed by atoms with van der Waals surface area (Å²) in [4.78, 5) is 25.4. The Labute approximate surface area is 138 Å². The van der Waals surface area contributed by atoms with E-state index in [-0.39, 0.29) is 31.5 Å². The van der Waals surface area contributed by atoms with Gasteiger partial charge in [-0.15, -0.1) is 0 Å². The molecule has 1 aromatic rings. The zero-order valence-electron chi connectivity index (χ0n) is 14.1. The van der Waals surface area contributed by atoms with E-state index < -0.39 is 23.6 Å². The second kappa shape index (κ2) is 6.57. The topological polar surface area (TPSA) is 55.2 Å². The summed E-state index contributed by atoms with van der Waals surface area (Å²) in [6.07, 6.45) is -3.97. The van der Waals surface area contributed by atoms with Crippen molar-refractivity contribution in [3.05, 3.63) is 28.2 Å². The van der Waals surface area contributed by atoms with Crippen LogP contribution in [0, 0.1) is 5.92 Å². The Morgan fingerprint density at radius 3 is 2.54 bits per heavy atom. The molecule has 1 saturated heterocycles. The molecular formula is C16H22F3N3O2. The molecule has 0 aliphatic carbocycles. The SMILES string of the molecule is CC(C)(C)c1ccc(=O)n(CC(=O)N2CCCC(C(F)(F)F)C2)n1. The van der Waals surface area contributed by atoms with Crippen molar-refractivity contribution in [1.29, 1.82) is 0 Å². The first-order valence-corrected chi connectivity index (χ1v) is 7.91. The van der Waals surface area contributed by atoms with Gasteiger partial charge in [0.15, 0.2) is 0 Å². The third-order valence-corrected chi connectivity index (χ3v) is 4.16. The van der Waals surface area contributed by atoms with Gasteiger partial charge >= 0.3 is 6.18 Å². The normalized spacial score (nSPS) is 19.4. The molecule has 134 valence electrons. The average Bonchev–Trinajstić information content (AvgIpc) is 2.47. The van der Waals surface area contributed by atoms with Crippen LogP contribution in [0.15, 0.2) is 16.9 Å². The van der Waals surface area contributed by atoms with Crippen LogP contribution in [0.1, 0.15) is 39.3 Å². The van der Waals surface area contributed by atoms with Gasteiger partial charge in [0.05, 0.1) is 11.6 Å². The lowest BCUT2D eigenvalue weighted by Gasteiger charge is -2.33. The molecule has 1 unspecified atom stereocenters. The first kappa shape index (κ1) is 18.5. The zero-order valence-corrected chi connectivity index (χ0v) is 14.1. The number of alkyl halides is 3. The van der Waals surface area contributed by atoms with Crippen LogP contribution in [-0.4, -0.2) is 39.9 Å². The number of halogens is 3. The molecule has 0 aromatic carbocycles. The summed E-state index contributed by atoms with van der Waals surface area (Å²) in [5, 5.41) is 4.18. The van der Waals surface area contributed by atoms with Crippen LogP contribution in [0.25, 0.3) is 0 Å². The molecule has 1 atom stereocenters. The molecule has 0 bridgehead atoms. The predicted octanol–water partition coefficient (Wildman–Crippen LogP) is 2.34. The Kier molecular flexibility index (Phi) is 5.05. The quantitative estimate of drug-likeness (QED) is 0.827. The number of amides is 1. The average molecular weight is 345 g/mol. The highest BCUT2D eigenvalue weighted by Gasteiger charge is 2.42. The third kappa shape index (κ3) is 4.36. The number of carbonyl (C=O) groups excluding carboxylic acids is 1. The Morgan fingerprint density at radius 2 is 1.96 bits per heavy atom. The Morgan fingerprint density at radius 1 is 1.29 bits per heavy atom. The Hall–Kier alpha value is -1.86. The maximum absolute atomic E-state index is 12.8. The molecule has 1 aliphatic rings. The highest BCUT2D eigenvalue weighted by molar-refractivity contribution is 5.76. The number of nitrogens with zero attached hydrogens (tertiary/aromatic N) is 3. The van der Waals surface area contributed by atoms with Gasteiger partial charge in [-0.2, -0.15) is 18.3 Å². The first-order valence-electron chi connectivity index (χ1n) is 7.91. The lowest BCUT2D eigenvalue weighted by molar-refractivity contribution is -0.188. The minimum atomic E-state index is -4.31. The van der Waals surface area contributed by atoms with Gasteiger partial charge in [0, 0.05) is 24.6 Å². The largest absolute Gasteiger partial charge is 0.393 e. The number of hydrogen-bond donors (Lipinski definition) is 0. The van der Waals surface area contributed by atoms with E-state index >= 15 is 0 Å². The van der Waals surface area contributed by atoms with Crippen LogP contribution in [0.2, 0.25) is 0 Å². The van der Waals surface area contributed by atoms with E-state index in [9.17, 15) is 22.8 Å². The van der Waals surface area contributed by atoms with Gasteiger partial charge in [0.1, 0.15) is 6.54 Å². The molecule has 1 aliphatic heterocycles. The minimum absolute atomic E-state index is 0.0327. The number of likely N-dealkylation sites (tertiary alicyclic amines) is 1. The minimum Gasteiger partial charge on any atom is -0.340 e. The molecule has 5 nitrogen and oxygen atoms in total. The van der Waals surface area contributed by atoms with E-state index in [1.807, 2.05) is 20.8 Å². The van der Waals surface area contributed by atoms with Crippen LogP contribution >= 0.6 is 0 Å². The third-order valence-electron chi connectivity index (χ3n) is 4.16. The van der Waals surface area contributed by atoms with Gasteiger partial charge in [-0.05, 0) is 18.9 Å². The molecule has 8 heteroatoms. The first-order chi connectivity index (χ1) is 11.0. The van der Waals surface area contributed by atoms with Crippen LogP contribution < -0.4 is 5.56 Å². The second-order valence-electron chi connectivity index (χ2n) is 7.18. The van der Waals surface area contributed by atoms with E-state index in [1.165, 1.54) is 11.0 Å². The van der Waals surface area contributed by atoms with Crippen molar-refractivity contribution in [3.63, 3.8) is 0 Å². The van der Waals surface area contributed by atoms with Gasteiger partial charge in [-0.1, -0.05) is 20.8 Å². The van der Waals surface area contributed by atoms with Crippen molar-refractivity contribution in [2.75, 3.05) is 13.1 Å². The number of piperidine rings is 1. The Balaban J connectivity index is 2.14. The van der Waals surface area contributed by atoms with Crippen molar-refractivity contribution in [1.82, 2.24) is 14.7 Å².